The number of carbonyl (C=O) groups excluding carboxylic acids is 1. The summed E-state index contributed by atoms with van der Waals surface area (Å²) in [5.74, 6) is -1.57. The summed E-state index contributed by atoms with van der Waals surface area (Å²) >= 11 is 0. The molecule has 0 aliphatic heterocycles. The summed E-state index contributed by atoms with van der Waals surface area (Å²) in [4.78, 5) is 23.8. The molecule has 4 nitrogen and oxygen atoms in total. The zero-order chi connectivity index (χ0) is 16.0. The average molecular weight is 303 g/mol. The van der Waals surface area contributed by atoms with Crippen LogP contribution in [0.3, 0.4) is 0 Å². The lowest BCUT2D eigenvalue weighted by Crippen LogP contribution is -2.35. The second-order valence-electron chi connectivity index (χ2n) is 4.53. The van der Waals surface area contributed by atoms with E-state index in [-0.39, 0.29) is 18.5 Å². The number of benzene rings is 1. The van der Waals surface area contributed by atoms with Crippen molar-refractivity contribution < 1.29 is 27.9 Å². The van der Waals surface area contributed by atoms with Gasteiger partial charge in [-0.3, -0.25) is 9.59 Å². The molecule has 0 bridgehead atoms. The molecule has 1 rings (SSSR count). The highest BCUT2D eigenvalue weighted by atomic mass is 19.4. The smallest absolute Gasteiger partial charge is 0.389 e. The number of nitrogens with zero attached hydrogens (tertiary/aromatic N) is 1. The summed E-state index contributed by atoms with van der Waals surface area (Å²) in [5, 5.41) is 8.70. The minimum absolute atomic E-state index is 0.148. The zero-order valence-electron chi connectivity index (χ0n) is 11.5. The second-order valence-corrected chi connectivity index (χ2v) is 4.53. The standard InChI is InChI=1S/C14H16F3NO3/c1-2-18(9-12(19)20)13(21)11-5-3-10(4-6-11)7-8-14(15,16)17/h3-6H,2,7-9H2,1H3,(H,19,20). The van der Waals surface area contributed by atoms with Gasteiger partial charge in [0, 0.05) is 18.5 Å². The van der Waals surface area contributed by atoms with Gasteiger partial charge in [0.1, 0.15) is 6.54 Å². The van der Waals surface area contributed by atoms with Gasteiger partial charge in [0.05, 0.1) is 0 Å². The van der Waals surface area contributed by atoms with E-state index in [1.807, 2.05) is 0 Å². The molecule has 1 aromatic carbocycles. The van der Waals surface area contributed by atoms with Crippen LogP contribution in [-0.2, 0) is 11.2 Å². The van der Waals surface area contributed by atoms with Gasteiger partial charge in [0.25, 0.3) is 5.91 Å². The van der Waals surface area contributed by atoms with Gasteiger partial charge in [-0.15, -0.1) is 0 Å². The van der Waals surface area contributed by atoms with Gasteiger partial charge in [-0.25, -0.2) is 0 Å². The molecule has 0 spiro atoms. The number of aliphatic carboxylic acids is 1. The van der Waals surface area contributed by atoms with Crippen molar-refractivity contribution in [3.05, 3.63) is 35.4 Å². The number of hydrogen-bond donors (Lipinski definition) is 1. The van der Waals surface area contributed by atoms with E-state index < -0.39 is 31.0 Å². The second kappa shape index (κ2) is 7.10. The van der Waals surface area contributed by atoms with Crippen molar-refractivity contribution in [1.29, 1.82) is 0 Å². The van der Waals surface area contributed by atoms with Gasteiger partial charge >= 0.3 is 12.1 Å². The molecular formula is C14H16F3NO3. The fraction of sp³-hybridized carbons (Fsp3) is 0.429. The van der Waals surface area contributed by atoms with E-state index in [2.05, 4.69) is 0 Å². The fourth-order valence-electron chi connectivity index (χ4n) is 1.77. The van der Waals surface area contributed by atoms with E-state index in [1.54, 1.807) is 6.92 Å². The molecule has 0 atom stereocenters. The lowest BCUT2D eigenvalue weighted by Gasteiger charge is -2.18. The van der Waals surface area contributed by atoms with Gasteiger partial charge in [0.2, 0.25) is 0 Å². The van der Waals surface area contributed by atoms with Crippen LogP contribution in [0, 0.1) is 0 Å². The summed E-state index contributed by atoms with van der Waals surface area (Å²) in [5.41, 5.74) is 0.735. The Labute approximate surface area is 120 Å². The van der Waals surface area contributed by atoms with Crippen LogP contribution in [0.2, 0.25) is 0 Å². The Morgan fingerprint density at radius 3 is 2.19 bits per heavy atom. The number of halogens is 3. The lowest BCUT2D eigenvalue weighted by atomic mass is 10.1. The first-order valence-corrected chi connectivity index (χ1v) is 6.39. The van der Waals surface area contributed by atoms with Crippen LogP contribution in [0.15, 0.2) is 24.3 Å². The van der Waals surface area contributed by atoms with Gasteiger partial charge in [-0.1, -0.05) is 12.1 Å². The van der Waals surface area contributed by atoms with Crippen molar-refractivity contribution in [2.45, 2.75) is 25.9 Å². The molecule has 0 heterocycles. The van der Waals surface area contributed by atoms with E-state index in [1.165, 1.54) is 24.3 Å². The third-order valence-corrected chi connectivity index (χ3v) is 2.89. The van der Waals surface area contributed by atoms with E-state index in [4.69, 9.17) is 5.11 Å². The molecule has 116 valence electrons. The molecule has 0 aromatic heterocycles. The molecule has 1 aromatic rings. The molecule has 0 saturated heterocycles. The molecule has 1 amide bonds. The maximum absolute atomic E-state index is 12.1. The van der Waals surface area contributed by atoms with Crippen molar-refractivity contribution >= 4 is 11.9 Å². The molecular weight excluding hydrogens is 287 g/mol. The van der Waals surface area contributed by atoms with Crippen LogP contribution in [-0.4, -0.2) is 41.1 Å². The number of carboxylic acid groups (broad SMARTS) is 1. The predicted octanol–water partition coefficient (Wildman–Crippen LogP) is 2.73. The van der Waals surface area contributed by atoms with Gasteiger partial charge in [-0.2, -0.15) is 13.2 Å². The molecule has 0 saturated carbocycles. The third-order valence-electron chi connectivity index (χ3n) is 2.89. The summed E-state index contributed by atoms with van der Waals surface area (Å²) in [6.07, 6.45) is -5.28. The van der Waals surface area contributed by atoms with E-state index in [9.17, 15) is 22.8 Å². The summed E-state index contributed by atoms with van der Waals surface area (Å²) < 4.78 is 36.3. The average Bonchev–Trinajstić information content (AvgIpc) is 2.41. The lowest BCUT2D eigenvalue weighted by molar-refractivity contribution is -0.137. The molecule has 0 unspecified atom stereocenters. The maximum atomic E-state index is 12.1. The van der Waals surface area contributed by atoms with Crippen molar-refractivity contribution in [3.63, 3.8) is 0 Å². The van der Waals surface area contributed by atoms with Crippen LogP contribution >= 0.6 is 0 Å². The highest BCUT2D eigenvalue weighted by molar-refractivity contribution is 5.95. The molecule has 21 heavy (non-hydrogen) atoms. The topological polar surface area (TPSA) is 57.6 Å². The van der Waals surface area contributed by atoms with E-state index in [0.29, 0.717) is 5.56 Å². The highest BCUT2D eigenvalue weighted by Gasteiger charge is 2.26. The van der Waals surface area contributed by atoms with E-state index in [0.717, 1.165) is 4.90 Å². The number of alkyl halides is 3. The number of carboxylic acids is 1. The molecule has 1 N–H and O–H groups in total. The Balaban J connectivity index is 2.72. The highest BCUT2D eigenvalue weighted by Crippen LogP contribution is 2.22. The number of likely N-dealkylation sites (N-methyl/N-ethyl adjacent to an activating group) is 1. The Morgan fingerprint density at radius 2 is 1.76 bits per heavy atom. The number of hydrogen-bond acceptors (Lipinski definition) is 2. The molecule has 0 radical (unpaired) electrons. The van der Waals surface area contributed by atoms with Gasteiger partial charge in [-0.05, 0) is 31.0 Å². The number of aryl methyl sites for hydroxylation is 1. The Morgan fingerprint density at radius 1 is 1.19 bits per heavy atom. The van der Waals surface area contributed by atoms with Gasteiger partial charge < -0.3 is 10.0 Å². The minimum atomic E-state index is -4.21. The Kier molecular flexibility index (Phi) is 5.75. The zero-order valence-corrected chi connectivity index (χ0v) is 11.5. The SMILES string of the molecule is CCN(CC(=O)O)C(=O)c1ccc(CCC(F)(F)F)cc1. The normalized spacial score (nSPS) is 11.2. The molecule has 0 aliphatic rings. The van der Waals surface area contributed by atoms with Crippen LogP contribution in [0.5, 0.6) is 0 Å². The fourth-order valence-corrected chi connectivity index (χ4v) is 1.77. The Hall–Kier alpha value is -2.05. The monoisotopic (exact) mass is 303 g/mol. The van der Waals surface area contributed by atoms with Gasteiger partial charge in [0.15, 0.2) is 0 Å². The van der Waals surface area contributed by atoms with E-state index >= 15 is 0 Å². The largest absolute Gasteiger partial charge is 0.480 e. The van der Waals surface area contributed by atoms with Crippen molar-refractivity contribution in [2.24, 2.45) is 0 Å². The number of amides is 1. The number of carbonyl (C=O) groups is 2. The Bertz CT molecular complexity index is 497. The predicted molar refractivity (Wildman–Crippen MR) is 70.0 cm³/mol. The van der Waals surface area contributed by atoms with Crippen LogP contribution < -0.4 is 0 Å². The quantitative estimate of drug-likeness (QED) is 0.879. The van der Waals surface area contributed by atoms with Crippen molar-refractivity contribution in [2.75, 3.05) is 13.1 Å². The number of rotatable bonds is 6. The third kappa shape index (κ3) is 5.85. The molecule has 0 fully saturated rings. The summed E-state index contributed by atoms with van der Waals surface area (Å²) in [6.45, 7) is 1.48. The van der Waals surface area contributed by atoms with Crippen LogP contribution in [0.4, 0.5) is 13.2 Å². The first-order valence-electron chi connectivity index (χ1n) is 6.39. The van der Waals surface area contributed by atoms with Crippen molar-refractivity contribution in [3.8, 4) is 0 Å². The van der Waals surface area contributed by atoms with Crippen LogP contribution in [0.1, 0.15) is 29.3 Å². The summed E-state index contributed by atoms with van der Waals surface area (Å²) in [7, 11) is 0. The maximum Gasteiger partial charge on any atom is 0.389 e. The van der Waals surface area contributed by atoms with Crippen molar-refractivity contribution in [1.82, 2.24) is 4.90 Å². The summed E-state index contributed by atoms with van der Waals surface area (Å²) in [6, 6.07) is 5.73. The molecule has 0 aliphatic carbocycles. The first kappa shape index (κ1) is 17.0. The van der Waals surface area contributed by atoms with Crippen LogP contribution in [0.25, 0.3) is 0 Å². The minimum Gasteiger partial charge on any atom is -0.480 e. The first-order chi connectivity index (χ1) is 9.73. The molecule has 7 heteroatoms.